The average Bonchev–Trinajstić information content (AvgIpc) is 3.19. The van der Waals surface area contributed by atoms with Crippen LogP contribution in [0, 0.1) is 12.8 Å². The van der Waals surface area contributed by atoms with Crippen LogP contribution in [-0.4, -0.2) is 33.9 Å². The molecule has 1 aromatic carbocycles. The lowest BCUT2D eigenvalue weighted by Gasteiger charge is -2.18. The van der Waals surface area contributed by atoms with Gasteiger partial charge in [-0.25, -0.2) is 14.6 Å². The summed E-state index contributed by atoms with van der Waals surface area (Å²) >= 11 is 0. The molecule has 0 atom stereocenters. The topological polar surface area (TPSA) is 118 Å². The third-order valence-electron chi connectivity index (χ3n) is 4.07. The molecule has 2 aromatic heterocycles. The molecule has 0 unspecified atom stereocenters. The van der Waals surface area contributed by atoms with Gasteiger partial charge in [0, 0.05) is 23.6 Å². The molecule has 9 nitrogen and oxygen atoms in total. The van der Waals surface area contributed by atoms with Crippen molar-refractivity contribution in [1.29, 1.82) is 0 Å². The van der Waals surface area contributed by atoms with Crippen molar-refractivity contribution in [2.45, 2.75) is 20.8 Å². The minimum Gasteiger partial charge on any atom is -0.464 e. The summed E-state index contributed by atoms with van der Waals surface area (Å²) in [5, 5.41) is 12.4. The lowest BCUT2D eigenvalue weighted by Crippen LogP contribution is -2.25. The van der Waals surface area contributed by atoms with Crippen molar-refractivity contribution in [3.05, 3.63) is 54.5 Å². The van der Waals surface area contributed by atoms with Crippen LogP contribution in [0.15, 0.2) is 53.3 Å². The molecule has 30 heavy (non-hydrogen) atoms. The Morgan fingerprint density at radius 3 is 2.73 bits per heavy atom. The Labute approximate surface area is 173 Å². The fourth-order valence-electron chi connectivity index (χ4n) is 2.62. The van der Waals surface area contributed by atoms with Gasteiger partial charge in [-0.15, -0.1) is 0 Å². The third kappa shape index (κ3) is 4.93. The van der Waals surface area contributed by atoms with Crippen LogP contribution in [0.2, 0.25) is 0 Å². The highest BCUT2D eigenvalue weighted by molar-refractivity contribution is 5.95. The van der Waals surface area contributed by atoms with E-state index in [1.54, 1.807) is 43.6 Å². The smallest absolute Gasteiger partial charge is 0.420 e. The van der Waals surface area contributed by atoms with Crippen LogP contribution in [0.25, 0.3) is 11.3 Å². The number of nitrogens with zero attached hydrogens (tertiary/aromatic N) is 3. The number of hydrogen-bond acceptors (Lipinski definition) is 6. The lowest BCUT2D eigenvalue weighted by atomic mass is 10.1. The summed E-state index contributed by atoms with van der Waals surface area (Å²) < 4.78 is 10.8. The zero-order valence-corrected chi connectivity index (χ0v) is 16.8. The molecule has 0 radical (unpaired) electrons. The zero-order chi connectivity index (χ0) is 21.7. The van der Waals surface area contributed by atoms with Crippen molar-refractivity contribution < 1.29 is 23.8 Å². The first-order chi connectivity index (χ1) is 14.3. The Morgan fingerprint density at radius 1 is 1.27 bits per heavy atom. The van der Waals surface area contributed by atoms with E-state index in [4.69, 9.17) is 9.15 Å². The van der Waals surface area contributed by atoms with Crippen LogP contribution < -0.4 is 10.2 Å². The number of amides is 2. The maximum absolute atomic E-state index is 12.0. The van der Waals surface area contributed by atoms with Gasteiger partial charge in [0.25, 0.3) is 0 Å². The van der Waals surface area contributed by atoms with Gasteiger partial charge < -0.3 is 14.3 Å². The molecule has 2 amide bonds. The Morgan fingerprint density at radius 2 is 2.07 bits per heavy atom. The maximum Gasteiger partial charge on any atom is 0.420 e. The van der Waals surface area contributed by atoms with Gasteiger partial charge in [0.15, 0.2) is 5.76 Å². The number of aromatic nitrogens is 2. The lowest BCUT2D eigenvalue weighted by molar-refractivity contribution is 0.147. The standard InChI is InChI=1S/C21H22N4O5/c1-13(2)12-29-20(26)24-16-7-6-14(3)17(9-16)25(21(27)28)19-23-11-18(30-19)15-5-4-8-22-10-15/h4-11,13H,12H2,1-3H3,(H,24,26)(H,27,28). The number of hydrogen-bond donors (Lipinski definition) is 2. The minimum absolute atomic E-state index is 0.121. The number of rotatable bonds is 6. The Bertz CT molecular complexity index is 1030. The van der Waals surface area contributed by atoms with Gasteiger partial charge >= 0.3 is 18.2 Å². The molecule has 2 N–H and O–H groups in total. The van der Waals surface area contributed by atoms with Crippen molar-refractivity contribution in [2.24, 2.45) is 5.92 Å². The predicted molar refractivity (Wildman–Crippen MR) is 111 cm³/mol. The van der Waals surface area contributed by atoms with Gasteiger partial charge in [0.1, 0.15) is 0 Å². The van der Waals surface area contributed by atoms with Crippen LogP contribution >= 0.6 is 0 Å². The number of oxazole rings is 1. The van der Waals surface area contributed by atoms with Gasteiger partial charge in [-0.3, -0.25) is 10.3 Å². The summed E-state index contributed by atoms with van der Waals surface area (Å²) in [6.45, 7) is 5.88. The van der Waals surface area contributed by atoms with Gasteiger partial charge in [-0.05, 0) is 42.7 Å². The number of carboxylic acid groups (broad SMARTS) is 1. The molecular weight excluding hydrogens is 388 g/mol. The van der Waals surface area contributed by atoms with Gasteiger partial charge in [-0.2, -0.15) is 4.90 Å². The largest absolute Gasteiger partial charge is 0.464 e. The first kappa shape index (κ1) is 20.8. The number of benzene rings is 1. The second-order valence-electron chi connectivity index (χ2n) is 6.99. The van der Waals surface area contributed by atoms with E-state index >= 15 is 0 Å². The highest BCUT2D eigenvalue weighted by Crippen LogP contribution is 2.33. The number of ether oxygens (including phenoxy) is 1. The molecule has 0 aliphatic heterocycles. The maximum atomic E-state index is 12.0. The van der Waals surface area contributed by atoms with Crippen LogP contribution in [0.5, 0.6) is 0 Å². The Hall–Kier alpha value is -3.88. The number of carbonyl (C=O) groups excluding carboxylic acids is 1. The molecule has 0 spiro atoms. The zero-order valence-electron chi connectivity index (χ0n) is 16.8. The summed E-state index contributed by atoms with van der Waals surface area (Å²) in [6, 6.07) is 8.27. The quantitative estimate of drug-likeness (QED) is 0.583. The van der Waals surface area contributed by atoms with Gasteiger partial charge in [-0.1, -0.05) is 19.9 Å². The predicted octanol–water partition coefficient (Wildman–Crippen LogP) is 5.07. The van der Waals surface area contributed by atoms with Crippen molar-refractivity contribution in [3.63, 3.8) is 0 Å². The number of pyridine rings is 1. The van der Waals surface area contributed by atoms with Crippen molar-refractivity contribution in [3.8, 4) is 11.3 Å². The van der Waals surface area contributed by atoms with E-state index in [9.17, 15) is 14.7 Å². The van der Waals surface area contributed by atoms with E-state index in [2.05, 4.69) is 15.3 Å². The monoisotopic (exact) mass is 410 g/mol. The highest BCUT2D eigenvalue weighted by Gasteiger charge is 2.25. The fourth-order valence-corrected chi connectivity index (χ4v) is 2.62. The van der Waals surface area contributed by atoms with E-state index < -0.39 is 12.2 Å². The van der Waals surface area contributed by atoms with E-state index in [0.29, 0.717) is 28.3 Å². The van der Waals surface area contributed by atoms with Gasteiger partial charge in [0.2, 0.25) is 0 Å². The molecule has 0 saturated carbocycles. The van der Waals surface area contributed by atoms with E-state index in [1.807, 2.05) is 13.8 Å². The van der Waals surface area contributed by atoms with Crippen LogP contribution in [0.3, 0.4) is 0 Å². The van der Waals surface area contributed by atoms with E-state index in [1.165, 1.54) is 12.3 Å². The average molecular weight is 410 g/mol. The van der Waals surface area contributed by atoms with E-state index in [-0.39, 0.29) is 18.5 Å². The second-order valence-corrected chi connectivity index (χ2v) is 6.99. The highest BCUT2D eigenvalue weighted by atomic mass is 16.5. The molecular formula is C21H22N4O5. The molecule has 0 aliphatic rings. The SMILES string of the molecule is Cc1ccc(NC(=O)OCC(C)C)cc1N(C(=O)O)c1ncc(-c2cccnc2)o1. The van der Waals surface area contributed by atoms with Crippen LogP contribution in [0.4, 0.5) is 27.0 Å². The molecule has 0 saturated heterocycles. The molecule has 3 aromatic rings. The number of aryl methyl sites for hydroxylation is 1. The summed E-state index contributed by atoms with van der Waals surface area (Å²) in [7, 11) is 0. The van der Waals surface area contributed by atoms with Crippen LogP contribution in [0.1, 0.15) is 19.4 Å². The molecule has 0 bridgehead atoms. The summed E-state index contributed by atoms with van der Waals surface area (Å²) in [5.41, 5.74) is 2.00. The summed E-state index contributed by atoms with van der Waals surface area (Å²) in [4.78, 5) is 33.0. The molecule has 0 aliphatic carbocycles. The van der Waals surface area contributed by atoms with Crippen molar-refractivity contribution in [1.82, 2.24) is 9.97 Å². The first-order valence-electron chi connectivity index (χ1n) is 9.29. The summed E-state index contributed by atoms with van der Waals surface area (Å²) in [6.07, 6.45) is 2.75. The minimum atomic E-state index is -1.28. The van der Waals surface area contributed by atoms with E-state index in [0.717, 1.165) is 4.90 Å². The molecule has 156 valence electrons. The number of nitrogens with one attached hydrogen (secondary N) is 1. The van der Waals surface area contributed by atoms with Crippen molar-refractivity contribution >= 4 is 29.6 Å². The fraction of sp³-hybridized carbons (Fsp3) is 0.238. The Kier molecular flexibility index (Phi) is 6.31. The normalized spacial score (nSPS) is 10.7. The number of carbonyl (C=O) groups is 2. The molecule has 2 heterocycles. The number of anilines is 3. The molecule has 9 heteroatoms. The first-order valence-corrected chi connectivity index (χ1v) is 9.29. The Balaban J connectivity index is 1.88. The molecule has 3 rings (SSSR count). The summed E-state index contributed by atoms with van der Waals surface area (Å²) in [5.74, 6) is 0.583. The van der Waals surface area contributed by atoms with Crippen molar-refractivity contribution in [2.75, 3.05) is 16.8 Å². The van der Waals surface area contributed by atoms with Gasteiger partial charge in [0.05, 0.1) is 18.5 Å². The van der Waals surface area contributed by atoms with Crippen LogP contribution in [-0.2, 0) is 4.74 Å². The second kappa shape index (κ2) is 9.08. The third-order valence-corrected chi connectivity index (χ3v) is 4.07. The molecule has 0 fully saturated rings.